The van der Waals surface area contributed by atoms with E-state index < -0.39 is 0 Å². The van der Waals surface area contributed by atoms with E-state index in [2.05, 4.69) is 26.1 Å². The van der Waals surface area contributed by atoms with Gasteiger partial charge in [0, 0.05) is 16.5 Å². The minimum Gasteiger partial charge on any atom is -0.338 e. The summed E-state index contributed by atoms with van der Waals surface area (Å²) < 4.78 is 6.25. The first-order chi connectivity index (χ1) is 9.15. The summed E-state index contributed by atoms with van der Waals surface area (Å²) in [6, 6.07) is 5.90. The molecule has 1 aliphatic carbocycles. The molecule has 0 N–H and O–H groups in total. The van der Waals surface area contributed by atoms with Gasteiger partial charge in [-0.05, 0) is 31.4 Å². The van der Waals surface area contributed by atoms with E-state index in [-0.39, 0.29) is 11.7 Å². The predicted molar refractivity (Wildman–Crippen MR) is 73.8 cm³/mol. The average Bonchev–Trinajstić information content (AvgIpc) is 3.01. The van der Waals surface area contributed by atoms with E-state index in [9.17, 15) is 4.79 Å². The molecule has 0 aliphatic heterocycles. The zero-order valence-corrected chi connectivity index (χ0v) is 12.1. The number of Topliss-reactive ketones (excluding diaryl/α,β-unsaturated/α-hetero) is 1. The molecule has 1 aromatic heterocycles. The third-order valence-corrected chi connectivity index (χ3v) is 4.33. The second-order valence-electron chi connectivity index (χ2n) is 4.83. The lowest BCUT2D eigenvalue weighted by Gasteiger charge is -2.00. The van der Waals surface area contributed by atoms with Gasteiger partial charge in [0.1, 0.15) is 5.78 Å². The molecule has 3 rings (SSSR count). The van der Waals surface area contributed by atoms with E-state index >= 15 is 0 Å². The number of aryl methyl sites for hydroxylation is 1. The zero-order valence-electron chi connectivity index (χ0n) is 10.5. The highest BCUT2D eigenvalue weighted by atomic mass is 79.9. The summed E-state index contributed by atoms with van der Waals surface area (Å²) in [7, 11) is 0. The first-order valence-electron chi connectivity index (χ1n) is 6.28. The number of aromatic nitrogens is 2. The summed E-state index contributed by atoms with van der Waals surface area (Å²) in [6.07, 6.45) is 2.35. The molecular formula is C14H13BrN2O2. The van der Waals surface area contributed by atoms with Gasteiger partial charge in [0.15, 0.2) is 0 Å². The molecule has 1 atom stereocenters. The quantitative estimate of drug-likeness (QED) is 0.847. The number of hydrogen-bond acceptors (Lipinski definition) is 4. The molecule has 1 heterocycles. The van der Waals surface area contributed by atoms with E-state index in [0.29, 0.717) is 18.1 Å². The maximum Gasteiger partial charge on any atom is 0.237 e. The number of carbonyl (C=O) groups is 1. The Bertz CT molecular complexity index is 636. The van der Waals surface area contributed by atoms with Crippen LogP contribution in [0.4, 0.5) is 0 Å². The van der Waals surface area contributed by atoms with Crippen LogP contribution in [0.25, 0.3) is 11.4 Å². The minimum atomic E-state index is -0.199. The van der Waals surface area contributed by atoms with E-state index in [1.165, 1.54) is 0 Å². The van der Waals surface area contributed by atoms with Crippen LogP contribution in [0.15, 0.2) is 27.2 Å². The summed E-state index contributed by atoms with van der Waals surface area (Å²) in [5.41, 5.74) is 2.04. The summed E-state index contributed by atoms with van der Waals surface area (Å²) in [6.45, 7) is 2.02. The van der Waals surface area contributed by atoms with Crippen LogP contribution in [0.2, 0.25) is 0 Å². The van der Waals surface area contributed by atoms with Crippen molar-refractivity contribution >= 4 is 21.7 Å². The van der Waals surface area contributed by atoms with Gasteiger partial charge in [-0.2, -0.15) is 4.98 Å². The second-order valence-corrected chi connectivity index (χ2v) is 5.69. The summed E-state index contributed by atoms with van der Waals surface area (Å²) in [4.78, 5) is 16.0. The van der Waals surface area contributed by atoms with Crippen molar-refractivity contribution in [1.82, 2.24) is 10.1 Å². The van der Waals surface area contributed by atoms with Crippen molar-refractivity contribution in [2.45, 2.75) is 32.1 Å². The van der Waals surface area contributed by atoms with Gasteiger partial charge < -0.3 is 4.52 Å². The van der Waals surface area contributed by atoms with E-state index in [1.807, 2.05) is 25.1 Å². The molecule has 98 valence electrons. The lowest BCUT2D eigenvalue weighted by Crippen LogP contribution is -2.04. The van der Waals surface area contributed by atoms with Gasteiger partial charge in [-0.3, -0.25) is 4.79 Å². The normalized spacial score (nSPS) is 19.1. The predicted octanol–water partition coefficient (Wildman–Crippen LogP) is 3.64. The molecule has 0 saturated heterocycles. The zero-order chi connectivity index (χ0) is 13.4. The number of carbonyl (C=O) groups excluding carboxylic acids is 1. The molecular weight excluding hydrogens is 308 g/mol. The van der Waals surface area contributed by atoms with Gasteiger partial charge in [-0.1, -0.05) is 33.2 Å². The number of ketones is 1. The molecule has 1 aliphatic rings. The fourth-order valence-electron chi connectivity index (χ4n) is 2.30. The maximum absolute atomic E-state index is 11.7. The van der Waals surface area contributed by atoms with Gasteiger partial charge >= 0.3 is 0 Å². The Kier molecular flexibility index (Phi) is 3.22. The standard InChI is InChI=1S/C14H13BrN2O2/c1-8-5-6-9(7-11(8)15)13-16-14(19-17-13)10-3-2-4-12(10)18/h5-7,10H,2-4H2,1H3. The molecule has 0 bridgehead atoms. The van der Waals surface area contributed by atoms with Crippen molar-refractivity contribution in [2.24, 2.45) is 0 Å². The van der Waals surface area contributed by atoms with Gasteiger partial charge in [0.05, 0.1) is 5.92 Å². The van der Waals surface area contributed by atoms with Crippen LogP contribution in [0.1, 0.15) is 36.6 Å². The molecule has 0 amide bonds. The first kappa shape index (κ1) is 12.5. The molecule has 0 spiro atoms. The van der Waals surface area contributed by atoms with E-state index in [4.69, 9.17) is 4.52 Å². The SMILES string of the molecule is Cc1ccc(-c2noc(C3CCCC3=O)n2)cc1Br. The van der Waals surface area contributed by atoms with Crippen LogP contribution >= 0.6 is 15.9 Å². The Morgan fingerprint density at radius 1 is 1.42 bits per heavy atom. The summed E-state index contributed by atoms with van der Waals surface area (Å²) in [5, 5.41) is 3.98. The Balaban J connectivity index is 1.92. The fraction of sp³-hybridized carbons (Fsp3) is 0.357. The summed E-state index contributed by atoms with van der Waals surface area (Å²) >= 11 is 3.49. The topological polar surface area (TPSA) is 56.0 Å². The molecule has 1 fully saturated rings. The van der Waals surface area contributed by atoms with Crippen molar-refractivity contribution in [3.8, 4) is 11.4 Å². The van der Waals surface area contributed by atoms with Crippen LogP contribution < -0.4 is 0 Å². The molecule has 1 unspecified atom stereocenters. The molecule has 1 aromatic carbocycles. The highest BCUT2D eigenvalue weighted by molar-refractivity contribution is 9.10. The van der Waals surface area contributed by atoms with Crippen LogP contribution in [0, 0.1) is 6.92 Å². The molecule has 1 saturated carbocycles. The Labute approximate surface area is 119 Å². The Morgan fingerprint density at radius 2 is 2.26 bits per heavy atom. The van der Waals surface area contributed by atoms with E-state index in [1.54, 1.807) is 0 Å². The van der Waals surface area contributed by atoms with Crippen molar-refractivity contribution in [3.05, 3.63) is 34.1 Å². The van der Waals surface area contributed by atoms with Crippen LogP contribution in [-0.2, 0) is 4.79 Å². The lowest BCUT2D eigenvalue weighted by molar-refractivity contribution is -0.119. The fourth-order valence-corrected chi connectivity index (χ4v) is 2.68. The maximum atomic E-state index is 11.7. The minimum absolute atomic E-state index is 0.199. The molecule has 5 heteroatoms. The third-order valence-electron chi connectivity index (χ3n) is 3.47. The lowest BCUT2D eigenvalue weighted by atomic mass is 10.1. The van der Waals surface area contributed by atoms with Crippen molar-refractivity contribution in [1.29, 1.82) is 0 Å². The van der Waals surface area contributed by atoms with Crippen LogP contribution in [-0.4, -0.2) is 15.9 Å². The monoisotopic (exact) mass is 320 g/mol. The number of benzene rings is 1. The average molecular weight is 321 g/mol. The number of rotatable bonds is 2. The molecule has 2 aromatic rings. The van der Waals surface area contributed by atoms with Crippen molar-refractivity contribution < 1.29 is 9.32 Å². The molecule has 4 nitrogen and oxygen atoms in total. The third kappa shape index (κ3) is 2.34. The van der Waals surface area contributed by atoms with Crippen molar-refractivity contribution in [3.63, 3.8) is 0 Å². The first-order valence-corrected chi connectivity index (χ1v) is 7.07. The Morgan fingerprint density at radius 3 is 2.95 bits per heavy atom. The van der Waals surface area contributed by atoms with Gasteiger partial charge in [-0.15, -0.1) is 0 Å². The smallest absolute Gasteiger partial charge is 0.237 e. The Hall–Kier alpha value is -1.49. The number of halogens is 1. The molecule has 0 radical (unpaired) electrons. The van der Waals surface area contributed by atoms with Crippen LogP contribution in [0.3, 0.4) is 0 Å². The second kappa shape index (κ2) is 4.89. The highest BCUT2D eigenvalue weighted by Crippen LogP contribution is 2.31. The van der Waals surface area contributed by atoms with Gasteiger partial charge in [-0.25, -0.2) is 0 Å². The summed E-state index contributed by atoms with van der Waals surface area (Å²) in [5.74, 6) is 1.00. The van der Waals surface area contributed by atoms with Gasteiger partial charge in [0.2, 0.25) is 11.7 Å². The molecule has 19 heavy (non-hydrogen) atoms. The van der Waals surface area contributed by atoms with Gasteiger partial charge in [0.25, 0.3) is 0 Å². The van der Waals surface area contributed by atoms with Crippen molar-refractivity contribution in [2.75, 3.05) is 0 Å². The largest absolute Gasteiger partial charge is 0.338 e. The highest BCUT2D eigenvalue weighted by Gasteiger charge is 2.31. The van der Waals surface area contributed by atoms with Crippen LogP contribution in [0.5, 0.6) is 0 Å². The van der Waals surface area contributed by atoms with E-state index in [0.717, 1.165) is 28.4 Å². The number of nitrogens with zero attached hydrogens (tertiary/aromatic N) is 2. The number of hydrogen-bond donors (Lipinski definition) is 0.